The van der Waals surface area contributed by atoms with E-state index >= 15 is 0 Å². The molecule has 0 saturated heterocycles. The molecule has 0 heterocycles. The third-order valence-electron chi connectivity index (χ3n) is 1.24. The van der Waals surface area contributed by atoms with Gasteiger partial charge in [0.1, 0.15) is 0 Å². The normalized spacial score (nSPS) is 9.58. The predicted octanol–water partition coefficient (Wildman–Crippen LogP) is 1.71. The van der Waals surface area contributed by atoms with Crippen LogP contribution in [0, 0.1) is 0 Å². The second-order valence-electron chi connectivity index (χ2n) is 1.91. The minimum Gasteiger partial charge on any atom is -0.318 e. The number of aliphatic imine (C=N–C) groups is 1. The second-order valence-corrected chi connectivity index (χ2v) is 1.91. The van der Waals surface area contributed by atoms with E-state index in [1.54, 1.807) is 21.0 Å². The molecule has 0 aromatic carbocycles. The molecule has 3 nitrogen and oxygen atoms in total. The molecule has 0 bridgehead atoms. The molecule has 0 aliphatic carbocycles. The van der Waals surface area contributed by atoms with Crippen molar-refractivity contribution in [1.29, 1.82) is 0 Å². The maximum absolute atomic E-state index is 11.0. The lowest BCUT2D eigenvalue weighted by atomic mass is 10.4. The Morgan fingerprint density at radius 2 is 1.92 bits per heavy atom. The van der Waals surface area contributed by atoms with Gasteiger partial charge >= 0.3 is 0 Å². The molecule has 0 atom stereocenters. The van der Waals surface area contributed by atoms with Gasteiger partial charge in [0.05, 0.1) is 5.71 Å². The lowest BCUT2D eigenvalue weighted by Crippen LogP contribution is -2.26. The minimum absolute atomic E-state index is 0.113. The van der Waals surface area contributed by atoms with E-state index in [2.05, 4.69) is 11.6 Å². The van der Waals surface area contributed by atoms with Gasteiger partial charge in [0.25, 0.3) is 5.91 Å². The van der Waals surface area contributed by atoms with E-state index in [0.29, 0.717) is 5.71 Å². The Bertz CT molecular complexity index is 173. The molecule has 0 aromatic heterocycles. The van der Waals surface area contributed by atoms with Gasteiger partial charge in [-0.25, -0.2) is 0 Å². The van der Waals surface area contributed by atoms with Gasteiger partial charge in [0, 0.05) is 14.1 Å². The van der Waals surface area contributed by atoms with Crippen molar-refractivity contribution >= 4 is 11.6 Å². The van der Waals surface area contributed by atoms with Crippen LogP contribution in [0.1, 0.15) is 20.8 Å². The van der Waals surface area contributed by atoms with Crippen LogP contribution in [0.4, 0.5) is 0 Å². The number of amides is 1. The quantitative estimate of drug-likeness (QED) is 0.581. The summed E-state index contributed by atoms with van der Waals surface area (Å²) in [5.74, 6) is -0.113. The molecular weight excluding hydrogens is 152 g/mol. The number of rotatable bonds is 2. The van der Waals surface area contributed by atoms with Crippen molar-refractivity contribution in [2.75, 3.05) is 14.1 Å². The van der Waals surface area contributed by atoms with Crippen LogP contribution in [0.3, 0.4) is 0 Å². The minimum atomic E-state index is -0.113. The molecule has 0 aromatic rings. The lowest BCUT2D eigenvalue weighted by molar-refractivity contribution is -0.120. The van der Waals surface area contributed by atoms with E-state index in [-0.39, 0.29) is 5.91 Å². The molecular formula is C9H18N2O. The average Bonchev–Trinajstić information content (AvgIpc) is 2.17. The molecule has 0 spiro atoms. The Labute approximate surface area is 74.8 Å². The molecule has 0 rings (SSSR count). The summed E-state index contributed by atoms with van der Waals surface area (Å²) in [5.41, 5.74) is 0.488. The summed E-state index contributed by atoms with van der Waals surface area (Å²) in [6.07, 6.45) is 1.46. The topological polar surface area (TPSA) is 32.7 Å². The summed E-state index contributed by atoms with van der Waals surface area (Å²) >= 11 is 0. The Kier molecular flexibility index (Phi) is 8.96. The number of nitrogens with zero attached hydrogens (tertiary/aromatic N) is 2. The second kappa shape index (κ2) is 7.98. The Morgan fingerprint density at radius 1 is 1.50 bits per heavy atom. The highest BCUT2D eigenvalue weighted by molar-refractivity contribution is 6.37. The van der Waals surface area contributed by atoms with Crippen LogP contribution in [-0.2, 0) is 4.79 Å². The molecule has 3 heteroatoms. The number of carbonyl (C=O) groups excluding carboxylic acids is 1. The van der Waals surface area contributed by atoms with Gasteiger partial charge in [-0.15, -0.1) is 0 Å². The van der Waals surface area contributed by atoms with Crippen molar-refractivity contribution in [3.8, 4) is 0 Å². The molecule has 0 aliphatic heterocycles. The van der Waals surface area contributed by atoms with Gasteiger partial charge in [0.15, 0.2) is 0 Å². The zero-order valence-electron chi connectivity index (χ0n) is 8.59. The first-order valence-electron chi connectivity index (χ1n) is 3.96. The van der Waals surface area contributed by atoms with Crippen LogP contribution >= 0.6 is 0 Å². The van der Waals surface area contributed by atoms with Gasteiger partial charge in [-0.1, -0.05) is 20.4 Å². The van der Waals surface area contributed by atoms with Crippen molar-refractivity contribution in [3.05, 3.63) is 12.8 Å². The third kappa shape index (κ3) is 4.66. The van der Waals surface area contributed by atoms with Crippen molar-refractivity contribution in [2.24, 2.45) is 4.99 Å². The third-order valence-corrected chi connectivity index (χ3v) is 1.24. The predicted molar refractivity (Wildman–Crippen MR) is 53.3 cm³/mol. The fourth-order valence-corrected chi connectivity index (χ4v) is 0.434. The highest BCUT2D eigenvalue weighted by Gasteiger charge is 2.06. The summed E-state index contributed by atoms with van der Waals surface area (Å²) in [6.45, 7) is 9.12. The molecule has 0 fully saturated rings. The SMILES string of the molecule is C=CN(C)C(=O)C(C)=NC.CC. The van der Waals surface area contributed by atoms with Crippen LogP contribution in [0.5, 0.6) is 0 Å². The van der Waals surface area contributed by atoms with Gasteiger partial charge in [-0.3, -0.25) is 9.79 Å². The number of hydrogen-bond donors (Lipinski definition) is 0. The molecule has 0 N–H and O–H groups in total. The fraction of sp³-hybridized carbons (Fsp3) is 0.556. The first kappa shape index (κ1) is 13.5. The largest absolute Gasteiger partial charge is 0.318 e. The summed E-state index contributed by atoms with van der Waals surface area (Å²) in [6, 6.07) is 0. The number of carbonyl (C=O) groups is 1. The van der Waals surface area contributed by atoms with Crippen LogP contribution in [0.15, 0.2) is 17.8 Å². The van der Waals surface area contributed by atoms with Crippen molar-refractivity contribution in [3.63, 3.8) is 0 Å². The van der Waals surface area contributed by atoms with Gasteiger partial charge in [-0.2, -0.15) is 0 Å². The smallest absolute Gasteiger partial charge is 0.271 e. The monoisotopic (exact) mass is 170 g/mol. The molecule has 0 radical (unpaired) electrons. The van der Waals surface area contributed by atoms with Crippen molar-refractivity contribution < 1.29 is 4.79 Å². The van der Waals surface area contributed by atoms with E-state index in [0.717, 1.165) is 0 Å². The molecule has 0 aliphatic rings. The summed E-state index contributed by atoms with van der Waals surface area (Å²) in [4.78, 5) is 16.2. The summed E-state index contributed by atoms with van der Waals surface area (Å²) in [5, 5.41) is 0. The summed E-state index contributed by atoms with van der Waals surface area (Å²) in [7, 11) is 3.23. The van der Waals surface area contributed by atoms with E-state index < -0.39 is 0 Å². The maximum atomic E-state index is 11.0. The van der Waals surface area contributed by atoms with Crippen LogP contribution in [-0.4, -0.2) is 30.6 Å². The maximum Gasteiger partial charge on any atom is 0.271 e. The van der Waals surface area contributed by atoms with Gasteiger partial charge < -0.3 is 4.90 Å². The van der Waals surface area contributed by atoms with E-state index in [1.165, 1.54) is 11.1 Å². The Hall–Kier alpha value is -1.12. The van der Waals surface area contributed by atoms with Crippen molar-refractivity contribution in [1.82, 2.24) is 4.90 Å². The summed E-state index contributed by atoms with van der Waals surface area (Å²) < 4.78 is 0. The van der Waals surface area contributed by atoms with Crippen molar-refractivity contribution in [2.45, 2.75) is 20.8 Å². The molecule has 0 unspecified atom stereocenters. The van der Waals surface area contributed by atoms with Crippen LogP contribution in [0.25, 0.3) is 0 Å². The molecule has 12 heavy (non-hydrogen) atoms. The highest BCUT2D eigenvalue weighted by atomic mass is 16.2. The first-order valence-corrected chi connectivity index (χ1v) is 3.96. The molecule has 0 saturated carbocycles. The Morgan fingerprint density at radius 3 is 2.17 bits per heavy atom. The van der Waals surface area contributed by atoms with E-state index in [1.807, 2.05) is 13.8 Å². The average molecular weight is 170 g/mol. The van der Waals surface area contributed by atoms with E-state index in [9.17, 15) is 4.79 Å². The van der Waals surface area contributed by atoms with Gasteiger partial charge in [0.2, 0.25) is 0 Å². The first-order chi connectivity index (χ1) is 5.63. The lowest BCUT2D eigenvalue weighted by Gasteiger charge is -2.09. The van der Waals surface area contributed by atoms with Crippen LogP contribution < -0.4 is 0 Å². The molecule has 70 valence electrons. The van der Waals surface area contributed by atoms with E-state index in [4.69, 9.17) is 0 Å². The van der Waals surface area contributed by atoms with Gasteiger partial charge in [-0.05, 0) is 13.1 Å². The zero-order chi connectivity index (χ0) is 10.1. The molecule has 1 amide bonds. The Balaban J connectivity index is 0. The zero-order valence-corrected chi connectivity index (χ0v) is 8.59. The van der Waals surface area contributed by atoms with Crippen LogP contribution in [0.2, 0.25) is 0 Å². The number of hydrogen-bond acceptors (Lipinski definition) is 2. The fourth-order valence-electron chi connectivity index (χ4n) is 0.434. The standard InChI is InChI=1S/C7H12N2O.C2H6/c1-5-9(4)7(10)6(2)8-3;1-2/h5H,1H2,2-4H3;1-2H3. The highest BCUT2D eigenvalue weighted by Crippen LogP contribution is 1.87.